The largest absolute Gasteiger partial charge is 0.464 e. The summed E-state index contributed by atoms with van der Waals surface area (Å²) in [7, 11) is 0. The maximum absolute atomic E-state index is 12.3. The average molecular weight is 239 g/mol. The summed E-state index contributed by atoms with van der Waals surface area (Å²) < 4.78 is 5.65. The van der Waals surface area contributed by atoms with Crippen molar-refractivity contribution in [1.82, 2.24) is 0 Å². The summed E-state index contributed by atoms with van der Waals surface area (Å²) in [6.07, 6.45) is 16.4. The van der Waals surface area contributed by atoms with E-state index in [0.29, 0.717) is 5.76 Å². The number of carbonyl (C=O) groups is 1. The zero-order chi connectivity index (χ0) is 12.5. The summed E-state index contributed by atoms with van der Waals surface area (Å²) >= 11 is 0. The lowest BCUT2D eigenvalue weighted by atomic mass is 9.82. The van der Waals surface area contributed by atoms with Crippen LogP contribution in [0.2, 0.25) is 0 Å². The quantitative estimate of drug-likeness (QED) is 0.702. The second-order valence-corrected chi connectivity index (χ2v) is 4.72. The second-order valence-electron chi connectivity index (χ2n) is 4.72. The van der Waals surface area contributed by atoms with Crippen molar-refractivity contribution in [1.29, 1.82) is 0 Å². The molecule has 3 rings (SSSR count). The third-order valence-corrected chi connectivity index (χ3v) is 3.63. The van der Waals surface area contributed by atoms with Crippen LogP contribution in [0.5, 0.6) is 0 Å². The summed E-state index contributed by atoms with van der Waals surface area (Å²) in [5, 5.41) is 0. The zero-order valence-electron chi connectivity index (χ0n) is 10.3. The maximum Gasteiger partial charge on any atom is 0.169 e. The molecule has 0 saturated carbocycles. The van der Waals surface area contributed by atoms with Crippen LogP contribution in [-0.4, -0.2) is 5.78 Å². The number of ether oxygens (including phenoxy) is 1. The van der Waals surface area contributed by atoms with Gasteiger partial charge in [0.05, 0.1) is 6.26 Å². The molecule has 2 aliphatic carbocycles. The molecule has 3 aliphatic rings. The van der Waals surface area contributed by atoms with Crippen molar-refractivity contribution in [2.45, 2.75) is 13.3 Å². The second kappa shape index (κ2) is 4.45. The lowest BCUT2D eigenvalue weighted by molar-refractivity contribution is -0.117. The van der Waals surface area contributed by atoms with Gasteiger partial charge in [0.2, 0.25) is 0 Å². The summed E-state index contributed by atoms with van der Waals surface area (Å²) in [5.74, 6) is 1.04. The smallest absolute Gasteiger partial charge is 0.169 e. The van der Waals surface area contributed by atoms with Gasteiger partial charge in [-0.1, -0.05) is 37.3 Å². The number of allylic oxidation sites excluding steroid dienone is 8. The van der Waals surface area contributed by atoms with Gasteiger partial charge in [-0.2, -0.15) is 0 Å². The van der Waals surface area contributed by atoms with Crippen molar-refractivity contribution < 1.29 is 9.53 Å². The van der Waals surface area contributed by atoms with Gasteiger partial charge in [0.1, 0.15) is 5.76 Å². The standard InChI is InChI=1S/C16H15O2/c1-2-11-7-8-15-14(16(11)17)9-12-5-3-4-6-13(12)10-18-15/h2-8,10-12H,9H2,1H3/t11-,12?/m0/s1. The molecular weight excluding hydrogens is 224 g/mol. The van der Waals surface area contributed by atoms with Crippen molar-refractivity contribution in [3.63, 3.8) is 0 Å². The van der Waals surface area contributed by atoms with E-state index in [1.165, 1.54) is 0 Å². The van der Waals surface area contributed by atoms with Gasteiger partial charge in [-0.3, -0.25) is 4.79 Å². The van der Waals surface area contributed by atoms with Gasteiger partial charge in [-0.15, -0.1) is 0 Å². The van der Waals surface area contributed by atoms with Gasteiger partial charge >= 0.3 is 0 Å². The van der Waals surface area contributed by atoms with Crippen molar-refractivity contribution in [2.24, 2.45) is 11.8 Å². The molecule has 0 aromatic heterocycles. The first-order valence-electron chi connectivity index (χ1n) is 6.26. The molecule has 2 heteroatoms. The topological polar surface area (TPSA) is 26.3 Å². The van der Waals surface area contributed by atoms with Crippen molar-refractivity contribution in [2.75, 3.05) is 0 Å². The molecule has 0 saturated heterocycles. The highest BCUT2D eigenvalue weighted by Crippen LogP contribution is 2.35. The summed E-state index contributed by atoms with van der Waals surface area (Å²) in [6, 6.07) is 0. The first-order valence-corrected chi connectivity index (χ1v) is 6.26. The normalized spacial score (nSPS) is 29.4. The molecule has 0 aromatic carbocycles. The molecule has 2 atom stereocenters. The van der Waals surface area contributed by atoms with E-state index in [4.69, 9.17) is 4.74 Å². The maximum atomic E-state index is 12.3. The highest BCUT2D eigenvalue weighted by atomic mass is 16.5. The molecule has 0 aromatic rings. The van der Waals surface area contributed by atoms with Gasteiger partial charge in [0.25, 0.3) is 0 Å². The van der Waals surface area contributed by atoms with E-state index >= 15 is 0 Å². The van der Waals surface area contributed by atoms with Gasteiger partial charge in [0, 0.05) is 17.4 Å². The Balaban J connectivity index is 1.95. The average Bonchev–Trinajstić information content (AvgIpc) is 2.59. The molecule has 0 spiro atoms. The number of rotatable bonds is 1. The van der Waals surface area contributed by atoms with Crippen LogP contribution >= 0.6 is 0 Å². The van der Waals surface area contributed by atoms with Crippen molar-refractivity contribution >= 4 is 5.78 Å². The predicted octanol–water partition coefficient (Wildman–Crippen LogP) is 3.27. The highest BCUT2D eigenvalue weighted by molar-refractivity contribution is 6.01. The predicted molar refractivity (Wildman–Crippen MR) is 70.2 cm³/mol. The van der Waals surface area contributed by atoms with E-state index in [1.54, 1.807) is 6.26 Å². The molecular formula is C16H15O2. The lowest BCUT2D eigenvalue weighted by Gasteiger charge is -2.20. The SMILES string of the molecule is C[CH][C@H]1C=CC2=C(CC3C=CC=CC3=CO2)C1=O. The van der Waals surface area contributed by atoms with Crippen molar-refractivity contribution in [3.05, 3.63) is 66.0 Å². The molecule has 18 heavy (non-hydrogen) atoms. The lowest BCUT2D eigenvalue weighted by Crippen LogP contribution is -2.20. The van der Waals surface area contributed by atoms with Crippen LogP contribution in [0.15, 0.2) is 59.6 Å². The Morgan fingerprint density at radius 1 is 1.28 bits per heavy atom. The minimum Gasteiger partial charge on any atom is -0.464 e. The number of Topliss-reactive ketones (excluding diaryl/α,β-unsaturated/α-hetero) is 1. The minimum atomic E-state index is -0.1000. The zero-order valence-corrected chi connectivity index (χ0v) is 10.3. The first-order chi connectivity index (χ1) is 8.79. The van der Waals surface area contributed by atoms with Crippen LogP contribution in [0.4, 0.5) is 0 Å². The monoisotopic (exact) mass is 239 g/mol. The Morgan fingerprint density at radius 3 is 3.00 bits per heavy atom. The number of fused-ring (bicyclic) bond motifs is 1. The molecule has 1 radical (unpaired) electrons. The van der Waals surface area contributed by atoms with Crippen LogP contribution in [0.25, 0.3) is 0 Å². The summed E-state index contributed by atoms with van der Waals surface area (Å²) in [4.78, 5) is 12.3. The molecule has 1 heterocycles. The van der Waals surface area contributed by atoms with Crippen molar-refractivity contribution in [3.8, 4) is 0 Å². The number of hydrogen-bond donors (Lipinski definition) is 0. The van der Waals surface area contributed by atoms with E-state index in [-0.39, 0.29) is 17.6 Å². The van der Waals surface area contributed by atoms with Crippen LogP contribution in [0.1, 0.15) is 13.3 Å². The van der Waals surface area contributed by atoms with E-state index in [9.17, 15) is 4.79 Å². The highest BCUT2D eigenvalue weighted by Gasteiger charge is 2.30. The van der Waals surface area contributed by atoms with E-state index in [1.807, 2.05) is 43.7 Å². The van der Waals surface area contributed by atoms with Crippen LogP contribution in [0, 0.1) is 18.3 Å². The summed E-state index contributed by atoms with van der Waals surface area (Å²) in [6.45, 7) is 1.92. The van der Waals surface area contributed by atoms with Gasteiger partial charge in [0.15, 0.2) is 5.78 Å². The number of ketones is 1. The number of hydrogen-bond acceptors (Lipinski definition) is 2. The third kappa shape index (κ3) is 1.78. The molecule has 1 unspecified atom stereocenters. The Morgan fingerprint density at radius 2 is 2.17 bits per heavy atom. The van der Waals surface area contributed by atoms with Crippen LogP contribution in [-0.2, 0) is 9.53 Å². The third-order valence-electron chi connectivity index (χ3n) is 3.63. The van der Waals surface area contributed by atoms with E-state index < -0.39 is 0 Å². The summed E-state index contributed by atoms with van der Waals surface area (Å²) in [5.41, 5.74) is 1.95. The van der Waals surface area contributed by atoms with Crippen LogP contribution < -0.4 is 0 Å². The molecule has 0 amide bonds. The van der Waals surface area contributed by atoms with E-state index in [2.05, 4.69) is 6.08 Å². The minimum absolute atomic E-state index is 0.1000. The molecule has 91 valence electrons. The molecule has 0 N–H and O–H groups in total. The molecule has 1 aliphatic heterocycles. The number of carbonyl (C=O) groups excluding carboxylic acids is 1. The van der Waals surface area contributed by atoms with E-state index in [0.717, 1.165) is 17.6 Å². The van der Waals surface area contributed by atoms with Gasteiger partial charge in [-0.25, -0.2) is 0 Å². The molecule has 2 nitrogen and oxygen atoms in total. The fraction of sp³-hybridized carbons (Fsp3) is 0.250. The van der Waals surface area contributed by atoms with Crippen LogP contribution in [0.3, 0.4) is 0 Å². The van der Waals surface area contributed by atoms with Gasteiger partial charge < -0.3 is 4.74 Å². The Kier molecular flexibility index (Phi) is 2.78. The molecule has 0 fully saturated rings. The Bertz CT molecular complexity index is 529. The fourth-order valence-corrected chi connectivity index (χ4v) is 2.54. The Hall–Kier alpha value is -1.83. The fourth-order valence-electron chi connectivity index (χ4n) is 2.54. The molecule has 0 bridgehead atoms. The Labute approximate surface area is 107 Å². The first kappa shape index (κ1) is 11.3. The van der Waals surface area contributed by atoms with Gasteiger partial charge in [-0.05, 0) is 24.5 Å².